The number of amides is 1. The minimum absolute atomic E-state index is 0.0516. The zero-order valence-corrected chi connectivity index (χ0v) is 8.63. The van der Waals surface area contributed by atoms with Crippen LogP contribution in [0.1, 0.15) is 20.3 Å². The molecule has 0 aromatic rings. The molecule has 0 aromatic carbocycles. The summed E-state index contributed by atoms with van der Waals surface area (Å²) >= 11 is 0. The molecule has 0 aliphatic rings. The molecule has 0 heterocycles. The van der Waals surface area contributed by atoms with E-state index >= 15 is 0 Å². The number of hydrogen-bond donors (Lipinski definition) is 0. The van der Waals surface area contributed by atoms with Gasteiger partial charge in [-0.3, -0.25) is 4.79 Å². The highest BCUT2D eigenvalue weighted by molar-refractivity contribution is 5.76. The second-order valence-corrected chi connectivity index (χ2v) is 2.78. The average molecular weight is 209 g/mol. The molecule has 0 saturated carbocycles. The van der Waals surface area contributed by atoms with Crippen molar-refractivity contribution < 1.29 is 18.3 Å². The van der Waals surface area contributed by atoms with Gasteiger partial charge in [0.25, 0.3) is 6.43 Å². The number of carbonyl (C=O) groups is 1. The summed E-state index contributed by atoms with van der Waals surface area (Å²) in [4.78, 5) is 13.0. The first kappa shape index (κ1) is 13.3. The summed E-state index contributed by atoms with van der Waals surface area (Å²) in [5, 5.41) is 0. The van der Waals surface area contributed by atoms with Crippen molar-refractivity contribution in [2.45, 2.75) is 26.7 Å². The molecule has 14 heavy (non-hydrogen) atoms. The lowest BCUT2D eigenvalue weighted by Gasteiger charge is -2.18. The van der Waals surface area contributed by atoms with Crippen molar-refractivity contribution in [3.63, 3.8) is 0 Å². The van der Waals surface area contributed by atoms with Crippen LogP contribution >= 0.6 is 0 Å². The first-order valence-electron chi connectivity index (χ1n) is 4.75. The van der Waals surface area contributed by atoms with Gasteiger partial charge in [-0.1, -0.05) is 0 Å². The van der Waals surface area contributed by atoms with E-state index in [1.807, 2.05) is 13.8 Å². The van der Waals surface area contributed by atoms with E-state index in [0.29, 0.717) is 13.1 Å². The molecule has 84 valence electrons. The number of alkyl halides is 2. The quantitative estimate of drug-likeness (QED) is 0.595. The third kappa shape index (κ3) is 5.85. The Morgan fingerprint density at radius 2 is 1.93 bits per heavy atom. The monoisotopic (exact) mass is 209 g/mol. The molecule has 0 bridgehead atoms. The number of ether oxygens (including phenoxy) is 1. The van der Waals surface area contributed by atoms with Gasteiger partial charge in [-0.25, -0.2) is 8.78 Å². The molecule has 0 N–H and O–H groups in total. The van der Waals surface area contributed by atoms with Crippen LogP contribution in [0, 0.1) is 0 Å². The van der Waals surface area contributed by atoms with E-state index in [4.69, 9.17) is 0 Å². The Balaban J connectivity index is 3.52. The summed E-state index contributed by atoms with van der Waals surface area (Å²) < 4.78 is 27.9. The van der Waals surface area contributed by atoms with Gasteiger partial charge in [-0.2, -0.15) is 0 Å². The van der Waals surface area contributed by atoms with Gasteiger partial charge in [0.2, 0.25) is 5.91 Å². The van der Waals surface area contributed by atoms with Crippen molar-refractivity contribution in [1.29, 1.82) is 0 Å². The molecular formula is C9H17F2NO2. The van der Waals surface area contributed by atoms with Crippen LogP contribution in [0.2, 0.25) is 0 Å². The molecule has 0 unspecified atom stereocenters. The maximum absolute atomic E-state index is 11.6. The van der Waals surface area contributed by atoms with Gasteiger partial charge in [0.1, 0.15) is 6.61 Å². The summed E-state index contributed by atoms with van der Waals surface area (Å²) in [6, 6.07) is 0. The van der Waals surface area contributed by atoms with Crippen molar-refractivity contribution >= 4 is 5.91 Å². The number of halogens is 2. The lowest BCUT2D eigenvalue weighted by Crippen LogP contribution is -2.31. The summed E-state index contributed by atoms with van der Waals surface area (Å²) in [5.74, 6) is -0.0516. The van der Waals surface area contributed by atoms with Gasteiger partial charge in [-0.05, 0) is 13.8 Å². The lowest BCUT2D eigenvalue weighted by atomic mass is 10.3. The second-order valence-electron chi connectivity index (χ2n) is 2.78. The fraction of sp³-hybridized carbons (Fsp3) is 0.889. The first-order chi connectivity index (χ1) is 6.61. The van der Waals surface area contributed by atoms with Crippen LogP contribution < -0.4 is 0 Å². The topological polar surface area (TPSA) is 29.5 Å². The zero-order chi connectivity index (χ0) is 11.0. The van der Waals surface area contributed by atoms with Crippen molar-refractivity contribution in [2.75, 3.05) is 26.3 Å². The maximum atomic E-state index is 11.6. The van der Waals surface area contributed by atoms with E-state index in [1.165, 1.54) is 0 Å². The second kappa shape index (κ2) is 7.67. The zero-order valence-electron chi connectivity index (χ0n) is 8.63. The smallest absolute Gasteiger partial charge is 0.261 e. The van der Waals surface area contributed by atoms with Crippen LogP contribution in [0.15, 0.2) is 0 Å². The Morgan fingerprint density at radius 3 is 2.36 bits per heavy atom. The molecule has 0 aliphatic heterocycles. The van der Waals surface area contributed by atoms with Crippen molar-refractivity contribution in [3.8, 4) is 0 Å². The molecule has 0 aliphatic carbocycles. The Morgan fingerprint density at radius 1 is 1.36 bits per heavy atom. The average Bonchev–Trinajstić information content (AvgIpc) is 2.14. The van der Waals surface area contributed by atoms with Gasteiger partial charge in [0.05, 0.1) is 13.0 Å². The maximum Gasteiger partial charge on any atom is 0.261 e. The van der Waals surface area contributed by atoms with Crippen LogP contribution in [0.25, 0.3) is 0 Å². The number of carbonyl (C=O) groups excluding carboxylic acids is 1. The van der Waals surface area contributed by atoms with Gasteiger partial charge >= 0.3 is 0 Å². The van der Waals surface area contributed by atoms with Crippen LogP contribution in [0.5, 0.6) is 0 Å². The highest BCUT2D eigenvalue weighted by Gasteiger charge is 2.09. The molecule has 0 fully saturated rings. The SMILES string of the molecule is CCN(CC)C(=O)CCOCC(F)F. The Hall–Kier alpha value is -0.710. The molecule has 5 heteroatoms. The van der Waals surface area contributed by atoms with Gasteiger partial charge < -0.3 is 9.64 Å². The highest BCUT2D eigenvalue weighted by Crippen LogP contribution is 1.97. The third-order valence-corrected chi connectivity index (χ3v) is 1.82. The first-order valence-corrected chi connectivity index (χ1v) is 4.75. The van der Waals surface area contributed by atoms with Gasteiger partial charge in [0.15, 0.2) is 0 Å². The van der Waals surface area contributed by atoms with Crippen LogP contribution in [-0.4, -0.2) is 43.5 Å². The fourth-order valence-electron chi connectivity index (χ4n) is 1.07. The van der Waals surface area contributed by atoms with Crippen molar-refractivity contribution in [3.05, 3.63) is 0 Å². The van der Waals surface area contributed by atoms with E-state index in [9.17, 15) is 13.6 Å². The van der Waals surface area contributed by atoms with Gasteiger partial charge in [-0.15, -0.1) is 0 Å². The standard InChI is InChI=1S/C9H17F2NO2/c1-3-12(4-2)9(13)5-6-14-7-8(10)11/h8H,3-7H2,1-2H3. The molecule has 0 radical (unpaired) electrons. The van der Waals surface area contributed by atoms with Crippen LogP contribution in [0.4, 0.5) is 8.78 Å². The Kier molecular flexibility index (Phi) is 7.28. The van der Waals surface area contributed by atoms with E-state index in [-0.39, 0.29) is 18.9 Å². The number of hydrogen-bond acceptors (Lipinski definition) is 2. The predicted octanol–water partition coefficient (Wildman–Crippen LogP) is 1.53. The van der Waals surface area contributed by atoms with Crippen molar-refractivity contribution in [1.82, 2.24) is 4.90 Å². The van der Waals surface area contributed by atoms with E-state index in [0.717, 1.165) is 0 Å². The number of rotatable bonds is 7. The highest BCUT2D eigenvalue weighted by atomic mass is 19.3. The van der Waals surface area contributed by atoms with Crippen molar-refractivity contribution in [2.24, 2.45) is 0 Å². The molecule has 0 saturated heterocycles. The summed E-state index contributed by atoms with van der Waals surface area (Å²) in [6.07, 6.45) is -2.28. The van der Waals surface area contributed by atoms with E-state index in [1.54, 1.807) is 4.90 Å². The molecule has 0 atom stereocenters. The minimum Gasteiger partial charge on any atom is -0.375 e. The summed E-state index contributed by atoms with van der Waals surface area (Å²) in [5.41, 5.74) is 0. The molecule has 3 nitrogen and oxygen atoms in total. The summed E-state index contributed by atoms with van der Waals surface area (Å²) in [6.45, 7) is 4.52. The molecule has 1 amide bonds. The predicted molar refractivity (Wildman–Crippen MR) is 49.4 cm³/mol. The van der Waals surface area contributed by atoms with E-state index in [2.05, 4.69) is 4.74 Å². The number of nitrogens with zero attached hydrogens (tertiary/aromatic N) is 1. The van der Waals surface area contributed by atoms with Crippen LogP contribution in [0.3, 0.4) is 0 Å². The Bertz CT molecular complexity index is 161. The third-order valence-electron chi connectivity index (χ3n) is 1.82. The fourth-order valence-corrected chi connectivity index (χ4v) is 1.07. The van der Waals surface area contributed by atoms with Gasteiger partial charge in [0, 0.05) is 13.1 Å². The van der Waals surface area contributed by atoms with E-state index < -0.39 is 13.0 Å². The summed E-state index contributed by atoms with van der Waals surface area (Å²) in [7, 11) is 0. The molecular weight excluding hydrogens is 192 g/mol. The normalized spacial score (nSPS) is 10.6. The van der Waals surface area contributed by atoms with Crippen LogP contribution in [-0.2, 0) is 9.53 Å². The Labute approximate surface area is 83.0 Å². The molecule has 0 spiro atoms. The lowest BCUT2D eigenvalue weighted by molar-refractivity contribution is -0.132. The minimum atomic E-state index is -2.46. The largest absolute Gasteiger partial charge is 0.375 e. The molecule has 0 aromatic heterocycles. The molecule has 0 rings (SSSR count).